The van der Waals surface area contributed by atoms with Gasteiger partial charge in [-0.1, -0.05) is 19.1 Å². The van der Waals surface area contributed by atoms with Gasteiger partial charge < -0.3 is 9.47 Å². The molecule has 1 aliphatic rings. The molecule has 0 spiro atoms. The van der Waals surface area contributed by atoms with Crippen LogP contribution in [-0.4, -0.2) is 13.3 Å². The predicted molar refractivity (Wildman–Crippen MR) is 54.1 cm³/mol. The molecule has 2 bridgehead atoms. The first-order valence-electron chi connectivity index (χ1n) is 4.87. The highest BCUT2D eigenvalue weighted by Crippen LogP contribution is 2.28. The SMILES string of the molecule is CCNC1(C)OCOc2cccc1c2. The number of fused-ring (bicyclic) bond motifs is 2. The first-order valence-corrected chi connectivity index (χ1v) is 4.87. The van der Waals surface area contributed by atoms with Crippen LogP contribution in [0.3, 0.4) is 0 Å². The highest BCUT2D eigenvalue weighted by molar-refractivity contribution is 5.32. The molecular weight excluding hydrogens is 178 g/mol. The van der Waals surface area contributed by atoms with Crippen molar-refractivity contribution < 1.29 is 9.47 Å². The molecule has 0 radical (unpaired) electrons. The minimum absolute atomic E-state index is 0.289. The van der Waals surface area contributed by atoms with E-state index in [0.29, 0.717) is 0 Å². The van der Waals surface area contributed by atoms with Crippen molar-refractivity contribution >= 4 is 0 Å². The molecule has 1 heterocycles. The maximum atomic E-state index is 5.65. The van der Waals surface area contributed by atoms with Crippen LogP contribution in [0.4, 0.5) is 0 Å². The lowest BCUT2D eigenvalue weighted by Crippen LogP contribution is -2.42. The number of hydrogen-bond acceptors (Lipinski definition) is 3. The highest BCUT2D eigenvalue weighted by atomic mass is 16.7. The molecule has 14 heavy (non-hydrogen) atoms. The summed E-state index contributed by atoms with van der Waals surface area (Å²) >= 11 is 0. The van der Waals surface area contributed by atoms with E-state index in [1.54, 1.807) is 0 Å². The molecule has 0 saturated carbocycles. The van der Waals surface area contributed by atoms with Gasteiger partial charge in [0.05, 0.1) is 0 Å². The third kappa shape index (κ3) is 1.61. The summed E-state index contributed by atoms with van der Waals surface area (Å²) in [7, 11) is 0. The van der Waals surface area contributed by atoms with Crippen LogP contribution in [0, 0.1) is 0 Å². The number of nitrogens with one attached hydrogen (secondary N) is 1. The van der Waals surface area contributed by atoms with Crippen LogP contribution >= 0.6 is 0 Å². The van der Waals surface area contributed by atoms with Crippen LogP contribution in [0.15, 0.2) is 24.3 Å². The van der Waals surface area contributed by atoms with Crippen molar-refractivity contribution in [3.63, 3.8) is 0 Å². The van der Waals surface area contributed by atoms with Crippen LogP contribution in [0.25, 0.3) is 0 Å². The van der Waals surface area contributed by atoms with Gasteiger partial charge in [0, 0.05) is 5.56 Å². The molecule has 1 aliphatic heterocycles. The summed E-state index contributed by atoms with van der Waals surface area (Å²) < 4.78 is 11.0. The summed E-state index contributed by atoms with van der Waals surface area (Å²) in [6.45, 7) is 5.23. The Kier molecular flexibility index (Phi) is 2.44. The maximum absolute atomic E-state index is 5.65. The van der Waals surface area contributed by atoms with Gasteiger partial charge in [0.1, 0.15) is 11.5 Å². The van der Waals surface area contributed by atoms with Gasteiger partial charge in [-0.25, -0.2) is 0 Å². The Morgan fingerprint density at radius 3 is 3.14 bits per heavy atom. The van der Waals surface area contributed by atoms with Crippen molar-refractivity contribution in [1.29, 1.82) is 0 Å². The smallest absolute Gasteiger partial charge is 0.191 e. The molecule has 76 valence electrons. The number of hydrogen-bond donors (Lipinski definition) is 1. The molecule has 0 aliphatic carbocycles. The van der Waals surface area contributed by atoms with E-state index >= 15 is 0 Å². The second-order valence-electron chi connectivity index (χ2n) is 3.50. The van der Waals surface area contributed by atoms with Crippen LogP contribution in [-0.2, 0) is 10.5 Å². The normalized spacial score (nSPS) is 25.3. The summed E-state index contributed by atoms with van der Waals surface area (Å²) in [6, 6.07) is 7.97. The van der Waals surface area contributed by atoms with E-state index in [1.165, 1.54) is 0 Å². The summed E-state index contributed by atoms with van der Waals surface area (Å²) in [5.41, 5.74) is 0.677. The van der Waals surface area contributed by atoms with Crippen LogP contribution in [0.1, 0.15) is 19.4 Å². The summed E-state index contributed by atoms with van der Waals surface area (Å²) in [5, 5.41) is 3.31. The van der Waals surface area contributed by atoms with Crippen LogP contribution in [0.2, 0.25) is 0 Å². The lowest BCUT2D eigenvalue weighted by molar-refractivity contribution is -0.114. The molecule has 3 heteroatoms. The zero-order chi connectivity index (χ0) is 10.0. The molecule has 1 aromatic carbocycles. The maximum Gasteiger partial charge on any atom is 0.191 e. The lowest BCUT2D eigenvalue weighted by atomic mass is 10.0. The topological polar surface area (TPSA) is 30.5 Å². The molecule has 0 fully saturated rings. The lowest BCUT2D eigenvalue weighted by Gasteiger charge is -2.28. The van der Waals surface area contributed by atoms with Gasteiger partial charge in [0.25, 0.3) is 0 Å². The Labute approximate surface area is 84.0 Å². The van der Waals surface area contributed by atoms with Crippen molar-refractivity contribution in [1.82, 2.24) is 5.32 Å². The van der Waals surface area contributed by atoms with E-state index in [-0.39, 0.29) is 6.79 Å². The number of benzene rings is 1. The molecule has 2 rings (SSSR count). The zero-order valence-electron chi connectivity index (χ0n) is 8.54. The minimum atomic E-state index is -0.429. The van der Waals surface area contributed by atoms with E-state index in [2.05, 4.69) is 12.2 Å². The van der Waals surface area contributed by atoms with Gasteiger partial charge in [-0.05, 0) is 25.6 Å². The Morgan fingerprint density at radius 2 is 2.36 bits per heavy atom. The fourth-order valence-electron chi connectivity index (χ4n) is 1.67. The third-order valence-corrected chi connectivity index (χ3v) is 2.47. The number of rotatable bonds is 2. The van der Waals surface area contributed by atoms with Gasteiger partial charge >= 0.3 is 0 Å². The number of ether oxygens (including phenoxy) is 2. The average Bonchev–Trinajstić information content (AvgIpc) is 2.27. The van der Waals surface area contributed by atoms with E-state index in [0.717, 1.165) is 17.9 Å². The predicted octanol–water partition coefficient (Wildman–Crippen LogP) is 1.84. The molecule has 1 N–H and O–H groups in total. The second kappa shape index (κ2) is 3.59. The quantitative estimate of drug-likeness (QED) is 0.777. The average molecular weight is 193 g/mol. The molecule has 1 aromatic rings. The van der Waals surface area contributed by atoms with E-state index in [1.807, 2.05) is 31.2 Å². The third-order valence-electron chi connectivity index (χ3n) is 2.47. The van der Waals surface area contributed by atoms with E-state index in [4.69, 9.17) is 9.47 Å². The summed E-state index contributed by atoms with van der Waals surface area (Å²) in [4.78, 5) is 0. The van der Waals surface area contributed by atoms with Crippen molar-refractivity contribution in [3.8, 4) is 5.75 Å². The summed E-state index contributed by atoms with van der Waals surface area (Å²) in [6.07, 6.45) is 0. The highest BCUT2D eigenvalue weighted by Gasteiger charge is 2.28. The molecule has 3 nitrogen and oxygen atoms in total. The van der Waals surface area contributed by atoms with E-state index in [9.17, 15) is 0 Å². The molecule has 1 atom stereocenters. The summed E-state index contributed by atoms with van der Waals surface area (Å²) in [5.74, 6) is 0.865. The molecule has 0 aromatic heterocycles. The van der Waals surface area contributed by atoms with Gasteiger partial charge in [0.15, 0.2) is 6.79 Å². The fraction of sp³-hybridized carbons (Fsp3) is 0.455. The second-order valence-corrected chi connectivity index (χ2v) is 3.50. The molecule has 1 unspecified atom stereocenters. The largest absolute Gasteiger partial charge is 0.467 e. The van der Waals surface area contributed by atoms with Crippen LogP contribution < -0.4 is 10.1 Å². The standard InChI is InChI=1S/C11H15NO2/c1-3-12-11(2)9-5-4-6-10(7-9)13-8-14-11/h4-7,12H,3,8H2,1-2H3. The Morgan fingerprint density at radius 1 is 1.50 bits per heavy atom. The fourth-order valence-corrected chi connectivity index (χ4v) is 1.67. The van der Waals surface area contributed by atoms with Gasteiger partial charge in [0.2, 0.25) is 0 Å². The van der Waals surface area contributed by atoms with Gasteiger partial charge in [-0.2, -0.15) is 0 Å². The Balaban J connectivity index is 2.36. The van der Waals surface area contributed by atoms with Gasteiger partial charge in [-0.3, -0.25) is 5.32 Å². The van der Waals surface area contributed by atoms with E-state index < -0.39 is 5.72 Å². The minimum Gasteiger partial charge on any atom is -0.467 e. The first-order chi connectivity index (χ1) is 6.74. The van der Waals surface area contributed by atoms with Crippen molar-refractivity contribution in [2.45, 2.75) is 19.6 Å². The molecular formula is C11H15NO2. The molecule has 0 saturated heterocycles. The van der Waals surface area contributed by atoms with Crippen LogP contribution in [0.5, 0.6) is 5.75 Å². The van der Waals surface area contributed by atoms with Crippen molar-refractivity contribution in [2.75, 3.05) is 13.3 Å². The van der Waals surface area contributed by atoms with Crippen molar-refractivity contribution in [2.24, 2.45) is 0 Å². The monoisotopic (exact) mass is 193 g/mol. The Hall–Kier alpha value is -1.06. The Bertz CT molecular complexity index is 327. The van der Waals surface area contributed by atoms with Crippen molar-refractivity contribution in [3.05, 3.63) is 29.8 Å². The molecule has 0 amide bonds. The first kappa shape index (κ1) is 9.49. The zero-order valence-corrected chi connectivity index (χ0v) is 8.54. The van der Waals surface area contributed by atoms with Gasteiger partial charge in [-0.15, -0.1) is 0 Å².